The van der Waals surface area contributed by atoms with E-state index in [1.54, 1.807) is 30.0 Å². The quantitative estimate of drug-likeness (QED) is 0.577. The Morgan fingerprint density at radius 1 is 1.19 bits per heavy atom. The second kappa shape index (κ2) is 6.32. The highest BCUT2D eigenvalue weighted by Crippen LogP contribution is 2.22. The molecule has 21 heavy (non-hydrogen) atoms. The summed E-state index contributed by atoms with van der Waals surface area (Å²) in [6, 6.07) is 15.2. The SMILES string of the molecule is Nc1ccc2oc(S(=O)CCSc3ccccc3)nc2c1. The van der Waals surface area contributed by atoms with Gasteiger partial charge in [-0.2, -0.15) is 0 Å². The van der Waals surface area contributed by atoms with E-state index < -0.39 is 10.8 Å². The van der Waals surface area contributed by atoms with Gasteiger partial charge < -0.3 is 10.2 Å². The van der Waals surface area contributed by atoms with Gasteiger partial charge in [0.1, 0.15) is 16.3 Å². The number of nitrogens with zero attached hydrogens (tertiary/aromatic N) is 1. The number of benzene rings is 2. The first-order valence-electron chi connectivity index (χ1n) is 6.45. The van der Waals surface area contributed by atoms with Gasteiger partial charge in [-0.1, -0.05) is 18.2 Å². The second-order valence-electron chi connectivity index (χ2n) is 4.42. The van der Waals surface area contributed by atoms with Crippen molar-refractivity contribution in [3.05, 3.63) is 48.5 Å². The normalized spacial score (nSPS) is 12.6. The molecule has 108 valence electrons. The highest BCUT2D eigenvalue weighted by molar-refractivity contribution is 8.00. The molecule has 0 saturated carbocycles. The Kier molecular flexibility index (Phi) is 4.26. The maximum absolute atomic E-state index is 12.2. The van der Waals surface area contributed by atoms with Crippen molar-refractivity contribution < 1.29 is 8.63 Å². The molecule has 0 bridgehead atoms. The predicted molar refractivity (Wildman–Crippen MR) is 86.9 cm³/mol. The van der Waals surface area contributed by atoms with Gasteiger partial charge in [0.15, 0.2) is 5.58 Å². The van der Waals surface area contributed by atoms with Gasteiger partial charge in [-0.05, 0) is 30.3 Å². The summed E-state index contributed by atoms with van der Waals surface area (Å²) < 4.78 is 17.7. The van der Waals surface area contributed by atoms with Crippen LogP contribution >= 0.6 is 11.8 Å². The smallest absolute Gasteiger partial charge is 0.287 e. The van der Waals surface area contributed by atoms with Gasteiger partial charge in [0, 0.05) is 22.1 Å². The van der Waals surface area contributed by atoms with Crippen molar-refractivity contribution in [2.24, 2.45) is 0 Å². The van der Waals surface area contributed by atoms with E-state index in [1.165, 1.54) is 4.90 Å². The Morgan fingerprint density at radius 3 is 2.81 bits per heavy atom. The molecule has 0 aliphatic rings. The number of aromatic nitrogens is 1. The second-order valence-corrected chi connectivity index (χ2v) is 7.03. The highest BCUT2D eigenvalue weighted by atomic mass is 32.2. The van der Waals surface area contributed by atoms with Crippen LogP contribution in [0.3, 0.4) is 0 Å². The van der Waals surface area contributed by atoms with Gasteiger partial charge in [0.2, 0.25) is 0 Å². The Labute approximate surface area is 129 Å². The van der Waals surface area contributed by atoms with Crippen LogP contribution in [0.15, 0.2) is 63.1 Å². The Hall–Kier alpha value is -1.79. The van der Waals surface area contributed by atoms with Crippen molar-refractivity contribution in [3.8, 4) is 0 Å². The largest absolute Gasteiger partial charge is 0.430 e. The number of hydrogen-bond donors (Lipinski definition) is 1. The van der Waals surface area contributed by atoms with Crippen molar-refractivity contribution in [3.63, 3.8) is 0 Å². The average molecular weight is 318 g/mol. The summed E-state index contributed by atoms with van der Waals surface area (Å²) in [7, 11) is -1.24. The summed E-state index contributed by atoms with van der Waals surface area (Å²) in [4.78, 5) is 5.41. The summed E-state index contributed by atoms with van der Waals surface area (Å²) in [6.45, 7) is 0. The van der Waals surface area contributed by atoms with Crippen LogP contribution in [-0.2, 0) is 10.8 Å². The summed E-state index contributed by atoms with van der Waals surface area (Å²) >= 11 is 1.67. The van der Waals surface area contributed by atoms with E-state index >= 15 is 0 Å². The van der Waals surface area contributed by atoms with Crippen LogP contribution in [0.1, 0.15) is 0 Å². The predicted octanol–water partition coefficient (Wildman–Crippen LogP) is 3.31. The van der Waals surface area contributed by atoms with E-state index in [0.29, 0.717) is 22.5 Å². The van der Waals surface area contributed by atoms with E-state index in [9.17, 15) is 4.21 Å². The molecule has 3 aromatic rings. The fourth-order valence-electron chi connectivity index (χ4n) is 1.86. The van der Waals surface area contributed by atoms with E-state index in [-0.39, 0.29) is 5.22 Å². The van der Waals surface area contributed by atoms with Gasteiger partial charge in [-0.15, -0.1) is 11.8 Å². The molecule has 0 spiro atoms. The Morgan fingerprint density at radius 2 is 2.00 bits per heavy atom. The van der Waals surface area contributed by atoms with Crippen LogP contribution in [0.4, 0.5) is 5.69 Å². The molecule has 0 radical (unpaired) electrons. The minimum atomic E-state index is -1.24. The van der Waals surface area contributed by atoms with Crippen LogP contribution in [0.25, 0.3) is 11.1 Å². The number of nitrogens with two attached hydrogens (primary N) is 1. The number of hydrogen-bond acceptors (Lipinski definition) is 5. The Bertz CT molecular complexity index is 772. The highest BCUT2D eigenvalue weighted by Gasteiger charge is 2.13. The lowest BCUT2D eigenvalue weighted by atomic mass is 10.3. The third kappa shape index (κ3) is 3.46. The van der Waals surface area contributed by atoms with Crippen molar-refractivity contribution in [2.45, 2.75) is 10.1 Å². The standard InChI is InChI=1S/C15H14N2O2S2/c16-11-6-7-14-13(10-11)17-15(19-14)21(18)9-8-20-12-4-2-1-3-5-12/h1-7,10H,8-9,16H2. The molecule has 2 aromatic carbocycles. The fraction of sp³-hybridized carbons (Fsp3) is 0.133. The molecule has 1 aromatic heterocycles. The lowest BCUT2D eigenvalue weighted by molar-refractivity contribution is 0.478. The zero-order valence-electron chi connectivity index (χ0n) is 11.2. The molecule has 0 amide bonds. The third-order valence-corrected chi connectivity index (χ3v) is 5.28. The van der Waals surface area contributed by atoms with Gasteiger partial charge in [-0.25, -0.2) is 9.19 Å². The molecule has 4 nitrogen and oxygen atoms in total. The summed E-state index contributed by atoms with van der Waals surface area (Å²) in [5.74, 6) is 1.25. The minimum absolute atomic E-state index is 0.268. The first-order valence-corrected chi connectivity index (χ1v) is 8.75. The van der Waals surface area contributed by atoms with E-state index in [4.69, 9.17) is 10.2 Å². The fourth-order valence-corrected chi connectivity index (χ4v) is 3.94. The molecule has 3 rings (SSSR count). The molecular formula is C15H14N2O2S2. The van der Waals surface area contributed by atoms with Crippen LogP contribution in [0.2, 0.25) is 0 Å². The molecule has 2 N–H and O–H groups in total. The zero-order chi connectivity index (χ0) is 14.7. The molecule has 0 aliphatic heterocycles. The van der Waals surface area contributed by atoms with Crippen LogP contribution in [0, 0.1) is 0 Å². The molecule has 0 aliphatic carbocycles. The first-order chi connectivity index (χ1) is 10.2. The summed E-state index contributed by atoms with van der Waals surface area (Å²) in [5.41, 5.74) is 7.57. The molecule has 1 atom stereocenters. The minimum Gasteiger partial charge on any atom is -0.430 e. The molecular weight excluding hydrogens is 304 g/mol. The maximum atomic E-state index is 12.2. The average Bonchev–Trinajstić information content (AvgIpc) is 2.91. The van der Waals surface area contributed by atoms with E-state index in [0.717, 1.165) is 5.75 Å². The van der Waals surface area contributed by atoms with Crippen molar-refractivity contribution in [1.29, 1.82) is 0 Å². The monoisotopic (exact) mass is 318 g/mol. The number of fused-ring (bicyclic) bond motifs is 1. The summed E-state index contributed by atoms with van der Waals surface area (Å²) in [6.07, 6.45) is 0. The third-order valence-electron chi connectivity index (χ3n) is 2.87. The lowest BCUT2D eigenvalue weighted by Crippen LogP contribution is -2.00. The lowest BCUT2D eigenvalue weighted by Gasteiger charge is -1.99. The molecule has 1 unspecified atom stereocenters. The van der Waals surface area contributed by atoms with Gasteiger partial charge in [0.25, 0.3) is 5.22 Å². The molecule has 0 fully saturated rings. The van der Waals surface area contributed by atoms with Crippen molar-refractivity contribution >= 4 is 39.3 Å². The van der Waals surface area contributed by atoms with Gasteiger partial charge in [-0.3, -0.25) is 0 Å². The van der Waals surface area contributed by atoms with Crippen LogP contribution in [-0.4, -0.2) is 20.7 Å². The Balaban J connectivity index is 1.64. The summed E-state index contributed by atoms with van der Waals surface area (Å²) in [5, 5.41) is 0.268. The number of rotatable bonds is 5. The maximum Gasteiger partial charge on any atom is 0.287 e. The number of thioether (sulfide) groups is 1. The van der Waals surface area contributed by atoms with Crippen LogP contribution in [0.5, 0.6) is 0 Å². The van der Waals surface area contributed by atoms with Gasteiger partial charge >= 0.3 is 0 Å². The van der Waals surface area contributed by atoms with Crippen LogP contribution < -0.4 is 5.73 Å². The van der Waals surface area contributed by atoms with E-state index in [2.05, 4.69) is 4.98 Å². The zero-order valence-corrected chi connectivity index (χ0v) is 12.8. The van der Waals surface area contributed by atoms with Gasteiger partial charge in [0.05, 0.1) is 0 Å². The first kappa shape index (κ1) is 14.2. The number of oxazole rings is 1. The molecule has 0 saturated heterocycles. The number of nitrogen functional groups attached to an aromatic ring is 1. The molecule has 6 heteroatoms. The van der Waals surface area contributed by atoms with Crippen molar-refractivity contribution in [1.82, 2.24) is 4.98 Å². The van der Waals surface area contributed by atoms with E-state index in [1.807, 2.05) is 30.3 Å². The number of anilines is 1. The van der Waals surface area contributed by atoms with Crippen molar-refractivity contribution in [2.75, 3.05) is 17.2 Å². The molecule has 1 heterocycles. The topological polar surface area (TPSA) is 69.1 Å².